The predicted octanol–water partition coefficient (Wildman–Crippen LogP) is 9.31. The normalized spacial score (nSPS) is 10.8. The zero-order valence-corrected chi connectivity index (χ0v) is 40.1. The first-order chi connectivity index (χ1) is 35.3. The zero-order valence-electron chi connectivity index (χ0n) is 40.1. The molecule has 364 valence electrons. The summed E-state index contributed by atoms with van der Waals surface area (Å²) in [5.41, 5.74) is 8.31. The number of aromatic amines is 2. The fourth-order valence-electron chi connectivity index (χ4n) is 7.30. The molecule has 0 aliphatic rings. The van der Waals surface area contributed by atoms with Crippen LogP contribution in [0.1, 0.15) is 24.2 Å². The smallest absolute Gasteiger partial charge is 0.227 e. The summed E-state index contributed by atoms with van der Waals surface area (Å²) >= 11 is 0. The number of nitrogens with one attached hydrogen (secondary N) is 4. The van der Waals surface area contributed by atoms with Crippen molar-refractivity contribution in [3.63, 3.8) is 0 Å². The second kappa shape index (κ2) is 23.2. The average Bonchev–Trinajstić information content (AvgIpc) is 4.27. The van der Waals surface area contributed by atoms with Crippen LogP contribution < -0.4 is 29.6 Å². The van der Waals surface area contributed by atoms with Gasteiger partial charge in [0.25, 0.3) is 0 Å². The van der Waals surface area contributed by atoms with E-state index in [9.17, 15) is 0 Å². The molecule has 72 heavy (non-hydrogen) atoms. The van der Waals surface area contributed by atoms with Crippen LogP contribution >= 0.6 is 0 Å². The van der Waals surface area contributed by atoms with E-state index in [0.29, 0.717) is 59.6 Å². The number of rotatable bonds is 20. The first-order valence-corrected chi connectivity index (χ1v) is 23.0. The van der Waals surface area contributed by atoms with Gasteiger partial charge in [0.1, 0.15) is 34.6 Å². The van der Waals surface area contributed by atoms with E-state index in [1.165, 1.54) is 0 Å². The summed E-state index contributed by atoms with van der Waals surface area (Å²) in [4.78, 5) is 50.3. The number of anilines is 4. The molecular weight excluding hydrogens is 913 g/mol. The molecule has 8 heterocycles. The first kappa shape index (κ1) is 47.6. The summed E-state index contributed by atoms with van der Waals surface area (Å²) < 4.78 is 26.5. The summed E-state index contributed by atoms with van der Waals surface area (Å²) in [7, 11) is 3.21. The van der Waals surface area contributed by atoms with Crippen molar-refractivity contribution in [3.8, 4) is 68.5 Å². The van der Waals surface area contributed by atoms with Gasteiger partial charge in [0.2, 0.25) is 11.9 Å². The number of nitrogens with zero attached hydrogens (tertiary/aromatic N) is 12. The van der Waals surface area contributed by atoms with Gasteiger partial charge < -0.3 is 48.7 Å². The molecule has 0 saturated heterocycles. The number of ether oxygens (including phenoxy) is 4. The van der Waals surface area contributed by atoms with Crippen LogP contribution in [-0.2, 0) is 13.1 Å². The summed E-state index contributed by atoms with van der Waals surface area (Å²) in [5, 5.41) is 6.50. The second-order valence-electron chi connectivity index (χ2n) is 16.3. The first-order valence-electron chi connectivity index (χ1n) is 23.0. The van der Waals surface area contributed by atoms with Crippen molar-refractivity contribution in [2.75, 3.05) is 38.1 Å². The quantitative estimate of drug-likeness (QED) is 0.0521. The minimum Gasteiger partial charge on any atom is -0.495 e. The van der Waals surface area contributed by atoms with E-state index in [0.717, 1.165) is 82.7 Å². The molecular formula is C52H52N16O4. The fraction of sp³-hybridized carbons (Fsp3) is 0.192. The van der Waals surface area contributed by atoms with Gasteiger partial charge in [0, 0.05) is 84.9 Å². The van der Waals surface area contributed by atoms with Gasteiger partial charge in [-0.2, -0.15) is 0 Å². The minimum atomic E-state index is 0.472. The third-order valence-corrected chi connectivity index (χ3v) is 10.8. The van der Waals surface area contributed by atoms with Crippen LogP contribution in [0.2, 0.25) is 0 Å². The van der Waals surface area contributed by atoms with Crippen LogP contribution in [0.25, 0.3) is 45.6 Å². The van der Waals surface area contributed by atoms with Crippen molar-refractivity contribution in [1.29, 1.82) is 0 Å². The Labute approximate surface area is 415 Å². The van der Waals surface area contributed by atoms with Crippen LogP contribution in [0.3, 0.4) is 0 Å². The molecule has 0 unspecified atom stereocenters. The van der Waals surface area contributed by atoms with Gasteiger partial charge in [0.05, 0.1) is 99.0 Å². The van der Waals surface area contributed by atoms with Gasteiger partial charge in [-0.3, -0.25) is 9.97 Å². The van der Waals surface area contributed by atoms with E-state index >= 15 is 0 Å². The Bertz CT molecular complexity index is 3110. The average molecular weight is 965 g/mol. The van der Waals surface area contributed by atoms with Crippen molar-refractivity contribution in [2.45, 2.75) is 39.8 Å². The Morgan fingerprint density at radius 1 is 0.514 bits per heavy atom. The summed E-state index contributed by atoms with van der Waals surface area (Å²) in [6.45, 7) is 6.91. The molecule has 0 fully saturated rings. The third-order valence-electron chi connectivity index (χ3n) is 10.8. The van der Waals surface area contributed by atoms with Crippen molar-refractivity contribution in [3.05, 3.63) is 159 Å². The van der Waals surface area contributed by atoms with Crippen LogP contribution in [0, 0.1) is 13.8 Å². The van der Waals surface area contributed by atoms with Crippen molar-refractivity contribution in [2.24, 2.45) is 0 Å². The molecule has 20 nitrogen and oxygen atoms in total. The second-order valence-corrected chi connectivity index (χ2v) is 16.3. The highest BCUT2D eigenvalue weighted by molar-refractivity contribution is 5.66. The largest absolute Gasteiger partial charge is 0.495 e. The Balaban J connectivity index is 0.000000178. The van der Waals surface area contributed by atoms with Gasteiger partial charge in [-0.1, -0.05) is 12.1 Å². The number of aromatic nitrogens is 14. The highest BCUT2D eigenvalue weighted by Gasteiger charge is 2.12. The van der Waals surface area contributed by atoms with Crippen LogP contribution in [0.5, 0.6) is 23.0 Å². The van der Waals surface area contributed by atoms with Gasteiger partial charge in [-0.05, 0) is 75.2 Å². The molecule has 0 aliphatic heterocycles. The molecule has 20 heteroatoms. The van der Waals surface area contributed by atoms with Crippen molar-refractivity contribution >= 4 is 23.3 Å². The SMILES string of the molecule is COc1cncc(-c2ncc(-c3ccnc(Nc4cccc(OCCCn5cnc(C)c5)c4)n3)[nH]2)c1.COc1cncc(-c2ncc(-c3ccnc(Nc4cccc(OCCCn5cnc(C)c5)c4)n3)[nH]2)c1. The van der Waals surface area contributed by atoms with E-state index in [1.54, 1.807) is 63.8 Å². The maximum Gasteiger partial charge on any atom is 0.227 e. The van der Waals surface area contributed by atoms with Crippen LogP contribution in [0.15, 0.2) is 147 Å². The molecule has 0 saturated carbocycles. The molecule has 10 aromatic rings. The molecule has 0 aliphatic carbocycles. The Morgan fingerprint density at radius 2 is 0.986 bits per heavy atom. The topological polar surface area (TPSA) is 231 Å². The molecule has 0 radical (unpaired) electrons. The van der Waals surface area contributed by atoms with E-state index < -0.39 is 0 Å². The lowest BCUT2D eigenvalue weighted by molar-refractivity contribution is 0.302. The molecule has 0 atom stereocenters. The van der Waals surface area contributed by atoms with Crippen molar-refractivity contribution < 1.29 is 18.9 Å². The van der Waals surface area contributed by atoms with E-state index in [2.05, 4.69) is 79.6 Å². The highest BCUT2D eigenvalue weighted by Crippen LogP contribution is 2.27. The number of pyridine rings is 2. The van der Waals surface area contributed by atoms with Crippen LogP contribution in [-0.4, -0.2) is 96.4 Å². The lowest BCUT2D eigenvalue weighted by Gasteiger charge is -2.10. The maximum absolute atomic E-state index is 5.93. The molecule has 10 rings (SSSR count). The van der Waals surface area contributed by atoms with Gasteiger partial charge in [-0.25, -0.2) is 39.9 Å². The van der Waals surface area contributed by atoms with Gasteiger partial charge >= 0.3 is 0 Å². The number of H-pyrrole nitrogens is 2. The number of aryl methyl sites for hydroxylation is 4. The maximum atomic E-state index is 5.93. The Kier molecular flexibility index (Phi) is 15.4. The summed E-state index contributed by atoms with van der Waals surface area (Å²) in [6.07, 6.45) is 23.1. The molecule has 2 aromatic carbocycles. The van der Waals surface area contributed by atoms with Gasteiger partial charge in [0.15, 0.2) is 0 Å². The number of hydrogen-bond acceptors (Lipinski definition) is 16. The molecule has 0 spiro atoms. The number of imidazole rings is 4. The Hall–Kier alpha value is -9.46. The number of benzene rings is 2. The molecule has 4 N–H and O–H groups in total. The highest BCUT2D eigenvalue weighted by atomic mass is 16.5. The van der Waals surface area contributed by atoms with E-state index in [1.807, 2.05) is 112 Å². The summed E-state index contributed by atoms with van der Waals surface area (Å²) in [5.74, 6) is 5.19. The number of hydrogen-bond donors (Lipinski definition) is 4. The summed E-state index contributed by atoms with van der Waals surface area (Å²) in [6, 6.07) is 22.9. The lowest BCUT2D eigenvalue weighted by Crippen LogP contribution is -2.03. The fourth-order valence-corrected chi connectivity index (χ4v) is 7.30. The zero-order chi connectivity index (χ0) is 49.5. The number of methoxy groups -OCH3 is 2. The third kappa shape index (κ3) is 13.0. The lowest BCUT2D eigenvalue weighted by atomic mass is 10.2. The van der Waals surface area contributed by atoms with E-state index in [4.69, 9.17) is 18.9 Å². The Morgan fingerprint density at radius 3 is 1.42 bits per heavy atom. The minimum absolute atomic E-state index is 0.472. The monoisotopic (exact) mass is 964 g/mol. The van der Waals surface area contributed by atoms with E-state index in [-0.39, 0.29) is 0 Å². The van der Waals surface area contributed by atoms with Gasteiger partial charge in [-0.15, -0.1) is 0 Å². The predicted molar refractivity (Wildman–Crippen MR) is 272 cm³/mol. The molecule has 8 aromatic heterocycles. The molecule has 0 amide bonds. The molecule has 0 bridgehead atoms. The van der Waals surface area contributed by atoms with Crippen LogP contribution in [0.4, 0.5) is 23.3 Å². The standard InChI is InChI=1S/2C26H26N8O2/c2*1-18-16-34(17-30-18)9-4-10-36-21-6-3-5-20(12-21)31-26-28-8-7-23(33-26)24-15-29-25(32-24)19-11-22(35-2)14-27-13-19/h2*3,5-8,11-17H,4,9-10H2,1-2H3,(H,29,32)(H,28,31,33). The van der Waals surface area contributed by atoms with Crippen molar-refractivity contribution in [1.82, 2.24) is 68.9 Å².